The van der Waals surface area contributed by atoms with E-state index in [0.29, 0.717) is 5.56 Å². The third-order valence-electron chi connectivity index (χ3n) is 1.94. The van der Waals surface area contributed by atoms with E-state index in [9.17, 15) is 4.79 Å². The molecule has 2 heterocycles. The smallest absolute Gasteiger partial charge is 0.269 e. The molecule has 0 saturated heterocycles. The van der Waals surface area contributed by atoms with Crippen molar-refractivity contribution in [2.45, 2.75) is 0 Å². The molecule has 1 amide bonds. The van der Waals surface area contributed by atoms with E-state index >= 15 is 0 Å². The molecule has 0 aromatic carbocycles. The van der Waals surface area contributed by atoms with Crippen LogP contribution in [-0.4, -0.2) is 15.9 Å². The molecule has 0 aliphatic rings. The van der Waals surface area contributed by atoms with Crippen LogP contribution in [0.4, 0.5) is 5.69 Å². The number of nitrogens with zero attached hydrogens (tertiary/aromatic N) is 2. The van der Waals surface area contributed by atoms with Gasteiger partial charge in [-0.05, 0) is 24.3 Å². The summed E-state index contributed by atoms with van der Waals surface area (Å²) in [6.07, 6.45) is 6.42. The van der Waals surface area contributed by atoms with Gasteiger partial charge in [-0.3, -0.25) is 25.6 Å². The molecule has 5 heteroatoms. The molecule has 2 N–H and O–H groups in total. The molecule has 0 fully saturated rings. The van der Waals surface area contributed by atoms with E-state index < -0.39 is 0 Å². The molecule has 0 radical (unpaired) electrons. The Morgan fingerprint density at radius 2 is 1.50 bits per heavy atom. The zero-order valence-electron chi connectivity index (χ0n) is 8.42. The van der Waals surface area contributed by atoms with E-state index in [1.807, 2.05) is 0 Å². The highest BCUT2D eigenvalue weighted by Crippen LogP contribution is 2.01. The summed E-state index contributed by atoms with van der Waals surface area (Å²) in [4.78, 5) is 19.3. The van der Waals surface area contributed by atoms with Gasteiger partial charge in [0.15, 0.2) is 0 Å². The largest absolute Gasteiger partial charge is 0.298 e. The summed E-state index contributed by atoms with van der Waals surface area (Å²) in [6.45, 7) is 0. The maximum Gasteiger partial charge on any atom is 0.269 e. The highest BCUT2D eigenvalue weighted by atomic mass is 16.2. The summed E-state index contributed by atoms with van der Waals surface area (Å²) in [5, 5.41) is 0. The average molecular weight is 214 g/mol. The fraction of sp³-hybridized carbons (Fsp3) is 0. The topological polar surface area (TPSA) is 66.9 Å². The van der Waals surface area contributed by atoms with Gasteiger partial charge in [-0.25, -0.2) is 0 Å². The molecule has 0 spiro atoms. The maximum absolute atomic E-state index is 11.6. The third kappa shape index (κ3) is 2.54. The van der Waals surface area contributed by atoms with Crippen LogP contribution in [0, 0.1) is 0 Å². The van der Waals surface area contributed by atoms with Gasteiger partial charge in [0.1, 0.15) is 0 Å². The normalized spacial score (nSPS) is 9.50. The van der Waals surface area contributed by atoms with Gasteiger partial charge >= 0.3 is 0 Å². The number of aromatic nitrogens is 2. The van der Waals surface area contributed by atoms with Crippen molar-refractivity contribution in [3.8, 4) is 0 Å². The van der Waals surface area contributed by atoms with E-state index in [0.717, 1.165) is 5.69 Å². The summed E-state index contributed by atoms with van der Waals surface area (Å²) in [5.74, 6) is -0.209. The van der Waals surface area contributed by atoms with Crippen LogP contribution in [-0.2, 0) is 0 Å². The van der Waals surface area contributed by atoms with Gasteiger partial charge in [0, 0.05) is 30.4 Å². The van der Waals surface area contributed by atoms with Crippen molar-refractivity contribution >= 4 is 11.6 Å². The van der Waals surface area contributed by atoms with E-state index in [-0.39, 0.29) is 5.91 Å². The first-order valence-corrected chi connectivity index (χ1v) is 4.72. The molecule has 5 nitrogen and oxygen atoms in total. The minimum Gasteiger partial charge on any atom is -0.298 e. The lowest BCUT2D eigenvalue weighted by Gasteiger charge is -2.07. The lowest BCUT2D eigenvalue weighted by atomic mass is 10.3. The molecule has 0 aliphatic carbocycles. The van der Waals surface area contributed by atoms with Crippen molar-refractivity contribution in [2.75, 3.05) is 5.43 Å². The summed E-state index contributed by atoms with van der Waals surface area (Å²) < 4.78 is 0. The first kappa shape index (κ1) is 10.1. The van der Waals surface area contributed by atoms with Gasteiger partial charge in [-0.2, -0.15) is 0 Å². The van der Waals surface area contributed by atoms with Crippen molar-refractivity contribution in [3.63, 3.8) is 0 Å². The Morgan fingerprint density at radius 1 is 0.938 bits per heavy atom. The number of hydrazine groups is 1. The Morgan fingerprint density at radius 3 is 2.12 bits per heavy atom. The second-order valence-corrected chi connectivity index (χ2v) is 3.05. The molecule has 16 heavy (non-hydrogen) atoms. The number of carbonyl (C=O) groups excluding carboxylic acids is 1. The van der Waals surface area contributed by atoms with E-state index in [1.54, 1.807) is 49.1 Å². The lowest BCUT2D eigenvalue weighted by molar-refractivity contribution is 0.0962. The zero-order valence-corrected chi connectivity index (χ0v) is 8.42. The van der Waals surface area contributed by atoms with Crippen LogP contribution >= 0.6 is 0 Å². The molecular weight excluding hydrogens is 204 g/mol. The molecule has 80 valence electrons. The highest BCUT2D eigenvalue weighted by Gasteiger charge is 2.02. The number of hydrogen-bond donors (Lipinski definition) is 2. The number of carbonyl (C=O) groups is 1. The Kier molecular flexibility index (Phi) is 3.08. The minimum atomic E-state index is -0.209. The van der Waals surface area contributed by atoms with Crippen LogP contribution in [0.3, 0.4) is 0 Å². The molecule has 0 unspecified atom stereocenters. The van der Waals surface area contributed by atoms with Crippen LogP contribution in [0.2, 0.25) is 0 Å². The summed E-state index contributed by atoms with van der Waals surface area (Å²) >= 11 is 0. The quantitative estimate of drug-likeness (QED) is 0.754. The van der Waals surface area contributed by atoms with Crippen molar-refractivity contribution in [1.29, 1.82) is 0 Å². The summed E-state index contributed by atoms with van der Waals surface area (Å²) in [6, 6.07) is 6.80. The molecule has 0 atom stereocenters. The van der Waals surface area contributed by atoms with Crippen molar-refractivity contribution in [3.05, 3.63) is 54.6 Å². The van der Waals surface area contributed by atoms with E-state index in [1.165, 1.54) is 0 Å². The number of anilines is 1. The van der Waals surface area contributed by atoms with Gasteiger partial charge in [0.25, 0.3) is 5.91 Å². The van der Waals surface area contributed by atoms with Gasteiger partial charge in [-0.1, -0.05) is 0 Å². The Hall–Kier alpha value is -2.43. The Balaban J connectivity index is 1.95. The van der Waals surface area contributed by atoms with Crippen LogP contribution in [0.25, 0.3) is 0 Å². The second-order valence-electron chi connectivity index (χ2n) is 3.05. The van der Waals surface area contributed by atoms with E-state index in [2.05, 4.69) is 20.8 Å². The molecule has 0 saturated carbocycles. The minimum absolute atomic E-state index is 0.209. The second kappa shape index (κ2) is 4.88. The molecule has 0 bridgehead atoms. The summed E-state index contributed by atoms with van der Waals surface area (Å²) in [5.41, 5.74) is 6.68. The van der Waals surface area contributed by atoms with Crippen LogP contribution in [0.1, 0.15) is 10.4 Å². The molecule has 2 rings (SSSR count). The molecule has 2 aromatic rings. The van der Waals surface area contributed by atoms with Crippen LogP contribution in [0.15, 0.2) is 49.1 Å². The maximum atomic E-state index is 11.6. The lowest BCUT2D eigenvalue weighted by Crippen LogP contribution is -2.29. The number of amides is 1. The predicted molar refractivity (Wildman–Crippen MR) is 59.6 cm³/mol. The first-order chi connectivity index (χ1) is 7.86. The van der Waals surface area contributed by atoms with Crippen molar-refractivity contribution in [2.24, 2.45) is 0 Å². The SMILES string of the molecule is O=C(NNc1ccncc1)c1ccncc1. The predicted octanol–water partition coefficient (Wildman–Crippen LogP) is 1.23. The van der Waals surface area contributed by atoms with Crippen molar-refractivity contribution in [1.82, 2.24) is 15.4 Å². The number of hydrogen-bond acceptors (Lipinski definition) is 4. The van der Waals surface area contributed by atoms with Crippen molar-refractivity contribution < 1.29 is 4.79 Å². The Labute approximate surface area is 92.5 Å². The third-order valence-corrected chi connectivity index (χ3v) is 1.94. The van der Waals surface area contributed by atoms with Crippen LogP contribution < -0.4 is 10.9 Å². The van der Waals surface area contributed by atoms with Gasteiger partial charge in [0.05, 0.1) is 5.69 Å². The zero-order chi connectivity index (χ0) is 11.2. The fourth-order valence-corrected chi connectivity index (χ4v) is 1.14. The first-order valence-electron chi connectivity index (χ1n) is 4.72. The average Bonchev–Trinajstić information content (AvgIpc) is 2.38. The van der Waals surface area contributed by atoms with E-state index in [4.69, 9.17) is 0 Å². The highest BCUT2D eigenvalue weighted by molar-refractivity contribution is 5.94. The molecular formula is C11H10N4O. The number of nitrogens with one attached hydrogen (secondary N) is 2. The number of rotatable bonds is 3. The van der Waals surface area contributed by atoms with Gasteiger partial charge in [-0.15, -0.1) is 0 Å². The molecule has 0 aliphatic heterocycles. The monoisotopic (exact) mass is 214 g/mol. The summed E-state index contributed by atoms with van der Waals surface area (Å²) in [7, 11) is 0. The number of pyridine rings is 2. The standard InChI is InChI=1S/C11H10N4O/c16-11(9-1-5-12-6-2-9)15-14-10-3-7-13-8-4-10/h1-8H,(H,13,14)(H,15,16). The fourth-order valence-electron chi connectivity index (χ4n) is 1.14. The van der Waals surface area contributed by atoms with Crippen LogP contribution in [0.5, 0.6) is 0 Å². The van der Waals surface area contributed by atoms with Gasteiger partial charge in [0.2, 0.25) is 0 Å². The Bertz CT molecular complexity index is 458. The van der Waals surface area contributed by atoms with Gasteiger partial charge < -0.3 is 0 Å². The molecule has 2 aromatic heterocycles.